The van der Waals surface area contributed by atoms with Crippen LogP contribution in [0.5, 0.6) is 5.75 Å². The summed E-state index contributed by atoms with van der Waals surface area (Å²) in [6, 6.07) is 12.4. The average Bonchev–Trinajstić information content (AvgIpc) is 2.90. The fraction of sp³-hybridized carbons (Fsp3) is 0.200. The molecule has 2 aromatic rings. The minimum absolute atomic E-state index is 0.113. The fourth-order valence-corrected chi connectivity index (χ4v) is 3.79. The first-order valence-corrected chi connectivity index (χ1v) is 9.97. The molecule has 27 heavy (non-hydrogen) atoms. The molecule has 0 saturated carbocycles. The van der Waals surface area contributed by atoms with Crippen LogP contribution in [0.25, 0.3) is 6.08 Å². The van der Waals surface area contributed by atoms with Crippen LogP contribution in [0.4, 0.5) is 4.79 Å². The lowest BCUT2D eigenvalue weighted by Crippen LogP contribution is -2.27. The zero-order chi connectivity index (χ0) is 19.4. The molecular formula is C20H17Cl2NO3S. The van der Waals surface area contributed by atoms with Gasteiger partial charge in [0.2, 0.25) is 0 Å². The van der Waals surface area contributed by atoms with Gasteiger partial charge in [-0.1, -0.05) is 48.3 Å². The van der Waals surface area contributed by atoms with E-state index in [9.17, 15) is 9.59 Å². The second-order valence-corrected chi connectivity index (χ2v) is 7.76. The first-order valence-electron chi connectivity index (χ1n) is 8.40. The molecule has 2 amide bonds. The van der Waals surface area contributed by atoms with Gasteiger partial charge in [0.15, 0.2) is 0 Å². The first kappa shape index (κ1) is 19.8. The second kappa shape index (κ2) is 8.83. The molecule has 0 unspecified atom stereocenters. The minimum atomic E-state index is -0.331. The Morgan fingerprint density at radius 3 is 2.52 bits per heavy atom. The van der Waals surface area contributed by atoms with Crippen molar-refractivity contribution in [2.75, 3.05) is 6.61 Å². The van der Waals surface area contributed by atoms with E-state index < -0.39 is 0 Å². The van der Waals surface area contributed by atoms with Crippen molar-refractivity contribution in [1.29, 1.82) is 0 Å². The Labute approximate surface area is 172 Å². The molecule has 3 rings (SSSR count). The summed E-state index contributed by atoms with van der Waals surface area (Å²) in [6.45, 7) is 2.81. The standard InChI is InChI=1S/C20H17Cl2NO3S/c1-2-9-26-16-7-3-13(4-8-16)10-18-19(24)23(20(25)27-18)12-14-5-6-15(21)11-17(14)22/h3-8,10-11H,2,9,12H2,1H3/b18-10+. The number of rotatable bonds is 6. The molecule has 140 valence electrons. The number of benzene rings is 2. The number of halogens is 2. The Hall–Kier alpha value is -1.95. The van der Waals surface area contributed by atoms with Crippen molar-refractivity contribution >= 4 is 52.2 Å². The van der Waals surface area contributed by atoms with Crippen molar-refractivity contribution in [3.8, 4) is 5.75 Å². The average molecular weight is 422 g/mol. The summed E-state index contributed by atoms with van der Waals surface area (Å²) < 4.78 is 5.54. The number of thioether (sulfide) groups is 1. The molecule has 0 aromatic heterocycles. The number of ether oxygens (including phenoxy) is 1. The molecule has 0 bridgehead atoms. The molecule has 2 aromatic carbocycles. The van der Waals surface area contributed by atoms with Gasteiger partial charge in [-0.2, -0.15) is 0 Å². The maximum atomic E-state index is 12.6. The van der Waals surface area contributed by atoms with Crippen LogP contribution in [-0.4, -0.2) is 22.7 Å². The molecule has 1 aliphatic rings. The van der Waals surface area contributed by atoms with Crippen LogP contribution in [0.2, 0.25) is 10.0 Å². The topological polar surface area (TPSA) is 46.6 Å². The lowest BCUT2D eigenvalue weighted by molar-refractivity contribution is -0.123. The second-order valence-electron chi connectivity index (χ2n) is 5.92. The van der Waals surface area contributed by atoms with E-state index >= 15 is 0 Å². The van der Waals surface area contributed by atoms with E-state index in [0.29, 0.717) is 27.1 Å². The number of amides is 2. The van der Waals surface area contributed by atoms with Gasteiger partial charge in [-0.05, 0) is 59.7 Å². The van der Waals surface area contributed by atoms with Crippen LogP contribution in [-0.2, 0) is 11.3 Å². The van der Waals surface area contributed by atoms with Gasteiger partial charge < -0.3 is 4.74 Å². The molecule has 1 fully saturated rings. The van der Waals surface area contributed by atoms with Gasteiger partial charge in [-0.3, -0.25) is 14.5 Å². The van der Waals surface area contributed by atoms with Crippen LogP contribution >= 0.6 is 35.0 Å². The highest BCUT2D eigenvalue weighted by molar-refractivity contribution is 8.18. The lowest BCUT2D eigenvalue weighted by atomic mass is 10.2. The SMILES string of the molecule is CCCOc1ccc(/C=C2/SC(=O)N(Cc3ccc(Cl)cc3Cl)C2=O)cc1. The Bertz CT molecular complexity index is 897. The highest BCUT2D eigenvalue weighted by Gasteiger charge is 2.35. The zero-order valence-corrected chi connectivity index (χ0v) is 16.9. The van der Waals surface area contributed by atoms with Gasteiger partial charge in [0.05, 0.1) is 18.1 Å². The van der Waals surface area contributed by atoms with Crippen molar-refractivity contribution in [2.45, 2.75) is 19.9 Å². The van der Waals surface area contributed by atoms with Gasteiger partial charge in [0.1, 0.15) is 5.75 Å². The molecule has 0 atom stereocenters. The number of carbonyl (C=O) groups is 2. The summed E-state index contributed by atoms with van der Waals surface area (Å²) in [5, 5.41) is 0.609. The van der Waals surface area contributed by atoms with Gasteiger partial charge in [0.25, 0.3) is 11.1 Å². The van der Waals surface area contributed by atoms with Crippen LogP contribution in [0.3, 0.4) is 0 Å². The number of hydrogen-bond donors (Lipinski definition) is 0. The monoisotopic (exact) mass is 421 g/mol. The maximum Gasteiger partial charge on any atom is 0.293 e. The molecule has 0 N–H and O–H groups in total. The summed E-state index contributed by atoms with van der Waals surface area (Å²) in [5.41, 5.74) is 1.50. The number of imide groups is 1. The van der Waals surface area contributed by atoms with Crippen molar-refractivity contribution in [1.82, 2.24) is 4.90 Å². The van der Waals surface area contributed by atoms with Gasteiger partial charge in [0, 0.05) is 10.0 Å². The van der Waals surface area contributed by atoms with E-state index in [1.165, 1.54) is 4.90 Å². The quantitative estimate of drug-likeness (QED) is 0.534. The zero-order valence-electron chi connectivity index (χ0n) is 14.6. The van der Waals surface area contributed by atoms with Gasteiger partial charge in [-0.15, -0.1) is 0 Å². The van der Waals surface area contributed by atoms with E-state index in [4.69, 9.17) is 27.9 Å². The Morgan fingerprint density at radius 2 is 1.85 bits per heavy atom. The Morgan fingerprint density at radius 1 is 1.11 bits per heavy atom. The van der Waals surface area contributed by atoms with E-state index in [1.807, 2.05) is 31.2 Å². The molecule has 0 aliphatic carbocycles. The van der Waals surface area contributed by atoms with Crippen molar-refractivity contribution in [2.24, 2.45) is 0 Å². The predicted octanol–water partition coefficient (Wildman–Crippen LogP) is 6.02. The minimum Gasteiger partial charge on any atom is -0.494 e. The summed E-state index contributed by atoms with van der Waals surface area (Å²) >= 11 is 13.0. The summed E-state index contributed by atoms with van der Waals surface area (Å²) in [6.07, 6.45) is 2.64. The third kappa shape index (κ3) is 4.86. The van der Waals surface area contributed by atoms with E-state index in [0.717, 1.165) is 29.5 Å². The largest absolute Gasteiger partial charge is 0.494 e. The summed E-state index contributed by atoms with van der Waals surface area (Å²) in [4.78, 5) is 26.5. The van der Waals surface area contributed by atoms with Crippen LogP contribution < -0.4 is 4.74 Å². The fourth-order valence-electron chi connectivity index (χ4n) is 2.49. The maximum absolute atomic E-state index is 12.6. The lowest BCUT2D eigenvalue weighted by Gasteiger charge is -2.13. The van der Waals surface area contributed by atoms with E-state index in [1.54, 1.807) is 24.3 Å². The van der Waals surface area contributed by atoms with Crippen LogP contribution in [0, 0.1) is 0 Å². The number of carbonyl (C=O) groups excluding carboxylic acids is 2. The first-order chi connectivity index (χ1) is 13.0. The molecule has 4 nitrogen and oxygen atoms in total. The molecule has 1 saturated heterocycles. The molecule has 1 heterocycles. The Balaban J connectivity index is 1.74. The van der Waals surface area contributed by atoms with Crippen LogP contribution in [0.15, 0.2) is 47.4 Å². The molecule has 0 radical (unpaired) electrons. The highest BCUT2D eigenvalue weighted by Crippen LogP contribution is 2.34. The van der Waals surface area contributed by atoms with Crippen molar-refractivity contribution < 1.29 is 14.3 Å². The van der Waals surface area contributed by atoms with E-state index in [-0.39, 0.29) is 17.7 Å². The van der Waals surface area contributed by atoms with Crippen molar-refractivity contribution in [3.63, 3.8) is 0 Å². The molecule has 7 heteroatoms. The highest BCUT2D eigenvalue weighted by atomic mass is 35.5. The number of hydrogen-bond acceptors (Lipinski definition) is 4. The third-order valence-electron chi connectivity index (χ3n) is 3.87. The normalized spacial score (nSPS) is 15.7. The summed E-state index contributed by atoms with van der Waals surface area (Å²) in [7, 11) is 0. The molecular weight excluding hydrogens is 405 g/mol. The summed E-state index contributed by atoms with van der Waals surface area (Å²) in [5.74, 6) is 0.446. The van der Waals surface area contributed by atoms with Gasteiger partial charge >= 0.3 is 0 Å². The predicted molar refractivity (Wildman–Crippen MR) is 110 cm³/mol. The Kier molecular flexibility index (Phi) is 6.47. The molecule has 0 spiro atoms. The third-order valence-corrected chi connectivity index (χ3v) is 5.36. The van der Waals surface area contributed by atoms with E-state index in [2.05, 4.69) is 0 Å². The van der Waals surface area contributed by atoms with Gasteiger partial charge in [-0.25, -0.2) is 0 Å². The number of nitrogens with zero attached hydrogens (tertiary/aromatic N) is 1. The van der Waals surface area contributed by atoms with Crippen molar-refractivity contribution in [3.05, 3.63) is 68.5 Å². The smallest absolute Gasteiger partial charge is 0.293 e. The van der Waals surface area contributed by atoms with Crippen LogP contribution in [0.1, 0.15) is 24.5 Å². The molecule has 1 aliphatic heterocycles.